The zero-order valence-electron chi connectivity index (χ0n) is 7.96. The normalized spacial score (nSPS) is 27.2. The molecule has 93 valence electrons. The van der Waals surface area contributed by atoms with Gasteiger partial charge in [-0.25, -0.2) is 0 Å². The van der Waals surface area contributed by atoms with Crippen molar-refractivity contribution in [2.24, 2.45) is 0 Å². The van der Waals surface area contributed by atoms with E-state index in [0.29, 0.717) is 0 Å². The molecule has 0 nitrogen and oxygen atoms in total. The molecular formula is C10H4Br7. The van der Waals surface area contributed by atoms with Crippen LogP contribution in [0.5, 0.6) is 0 Å². The van der Waals surface area contributed by atoms with Crippen LogP contribution in [-0.4, -0.2) is 9.70 Å². The Morgan fingerprint density at radius 2 is 1.29 bits per heavy atom. The minimum Gasteiger partial charge on any atom is -0.0749 e. The van der Waals surface area contributed by atoms with E-state index in [1.54, 1.807) is 0 Å². The van der Waals surface area contributed by atoms with Gasteiger partial charge in [-0.05, 0) is 11.6 Å². The smallest absolute Gasteiger partial charge is 0.0749 e. The molecule has 0 atom stereocenters. The van der Waals surface area contributed by atoms with Gasteiger partial charge in [-0.15, -0.1) is 0 Å². The zero-order valence-corrected chi connectivity index (χ0v) is 19.1. The molecule has 0 heterocycles. The molecule has 1 radical (unpaired) electrons. The molecule has 17 heavy (non-hydrogen) atoms. The first kappa shape index (κ1) is 16.0. The average molecular weight is 683 g/mol. The first-order chi connectivity index (χ1) is 7.61. The fraction of sp³-hybridized carbons (Fsp3) is 0.400. The Hall–Kier alpha value is 2.58. The summed E-state index contributed by atoms with van der Waals surface area (Å²) >= 11 is 26.0. The number of halogens is 7. The first-order valence-corrected chi connectivity index (χ1v) is 9.95. The lowest BCUT2D eigenvalue weighted by Gasteiger charge is -2.67. The summed E-state index contributed by atoms with van der Waals surface area (Å²) in [5, 5.41) is 0. The lowest BCUT2D eigenvalue weighted by Crippen LogP contribution is -2.77. The maximum absolute atomic E-state index is 3.82. The van der Waals surface area contributed by atoms with E-state index in [2.05, 4.69) is 118 Å². The van der Waals surface area contributed by atoms with Gasteiger partial charge >= 0.3 is 0 Å². The Bertz CT molecular complexity index is 419. The standard InChI is InChI=1S/C10H4Br7/c11-7(6-4-2-1-3-5-6)8(12,13)10(16,17)9(7,14)15/h1-4H. The van der Waals surface area contributed by atoms with E-state index in [1.807, 2.05) is 24.3 Å². The van der Waals surface area contributed by atoms with E-state index < -0.39 is 14.0 Å². The van der Waals surface area contributed by atoms with Crippen LogP contribution in [-0.2, 0) is 4.32 Å². The van der Waals surface area contributed by atoms with Gasteiger partial charge in [0.2, 0.25) is 0 Å². The molecule has 0 spiro atoms. The SMILES string of the molecule is BrC1(Br)C(Br)(Br)C(Br)(c2[c]cccc2)C1(Br)Br. The number of rotatable bonds is 1. The Labute approximate surface area is 159 Å². The second kappa shape index (κ2) is 4.80. The summed E-state index contributed by atoms with van der Waals surface area (Å²) in [5.41, 5.74) is 1.03. The van der Waals surface area contributed by atoms with E-state index in [-0.39, 0.29) is 0 Å². The van der Waals surface area contributed by atoms with Crippen molar-refractivity contribution in [1.29, 1.82) is 0 Å². The van der Waals surface area contributed by atoms with Crippen LogP contribution in [0.15, 0.2) is 24.3 Å². The summed E-state index contributed by atoms with van der Waals surface area (Å²) < 4.78 is -1.73. The fourth-order valence-corrected chi connectivity index (χ4v) is 10.2. The molecule has 0 unspecified atom stereocenters. The monoisotopic (exact) mass is 676 g/mol. The van der Waals surface area contributed by atoms with Crippen LogP contribution in [0.3, 0.4) is 0 Å². The second-order valence-electron chi connectivity index (χ2n) is 3.66. The molecule has 2 rings (SSSR count). The highest BCUT2D eigenvalue weighted by Crippen LogP contribution is 2.83. The van der Waals surface area contributed by atoms with Gasteiger partial charge in [0.1, 0.15) is 14.0 Å². The number of benzene rings is 1. The fourth-order valence-electron chi connectivity index (χ4n) is 1.71. The van der Waals surface area contributed by atoms with Crippen LogP contribution < -0.4 is 0 Å². The first-order valence-electron chi connectivity index (χ1n) is 4.40. The largest absolute Gasteiger partial charge is 0.134 e. The average Bonchev–Trinajstić information content (AvgIpc) is 2.27. The number of hydrogen-bond donors (Lipinski definition) is 0. The van der Waals surface area contributed by atoms with E-state index in [1.165, 1.54) is 0 Å². The predicted molar refractivity (Wildman–Crippen MR) is 97.6 cm³/mol. The van der Waals surface area contributed by atoms with Gasteiger partial charge in [-0.2, -0.15) is 0 Å². The molecule has 1 aromatic carbocycles. The van der Waals surface area contributed by atoms with E-state index in [0.717, 1.165) is 5.56 Å². The van der Waals surface area contributed by atoms with Crippen molar-refractivity contribution in [3.05, 3.63) is 35.9 Å². The van der Waals surface area contributed by atoms with Gasteiger partial charge in [-0.3, -0.25) is 0 Å². The molecule has 1 aliphatic carbocycles. The van der Waals surface area contributed by atoms with E-state index >= 15 is 0 Å². The second-order valence-corrected chi connectivity index (χ2v) is 15.2. The van der Waals surface area contributed by atoms with Gasteiger partial charge < -0.3 is 0 Å². The van der Waals surface area contributed by atoms with Crippen LogP contribution in [0, 0.1) is 6.07 Å². The van der Waals surface area contributed by atoms with Crippen LogP contribution in [0.4, 0.5) is 0 Å². The molecule has 0 bridgehead atoms. The molecule has 1 saturated carbocycles. The van der Waals surface area contributed by atoms with Gasteiger partial charge in [0.05, 0.1) is 0 Å². The van der Waals surface area contributed by atoms with E-state index in [4.69, 9.17) is 0 Å². The Kier molecular flexibility index (Phi) is 4.51. The Morgan fingerprint density at radius 3 is 1.71 bits per heavy atom. The highest BCUT2D eigenvalue weighted by molar-refractivity contribution is 9.34. The molecule has 0 amide bonds. The maximum Gasteiger partial charge on any atom is 0.134 e. The lowest BCUT2D eigenvalue weighted by molar-refractivity contribution is 0.379. The molecule has 0 aromatic heterocycles. The topological polar surface area (TPSA) is 0 Å². The highest BCUT2D eigenvalue weighted by atomic mass is 79.9. The quantitative estimate of drug-likeness (QED) is 0.295. The minimum atomic E-state index is -0.440. The molecule has 1 aromatic rings. The van der Waals surface area contributed by atoms with Crippen molar-refractivity contribution >= 4 is 112 Å². The van der Waals surface area contributed by atoms with Gasteiger partial charge in [-0.1, -0.05) is 136 Å². The van der Waals surface area contributed by atoms with Crippen LogP contribution in [0.2, 0.25) is 0 Å². The molecule has 1 aliphatic rings. The summed E-state index contributed by atoms with van der Waals surface area (Å²) in [7, 11) is 0. The lowest BCUT2D eigenvalue weighted by atomic mass is 9.78. The Morgan fingerprint density at radius 1 is 0.765 bits per heavy atom. The summed E-state index contributed by atoms with van der Waals surface area (Å²) in [6, 6.07) is 11.1. The molecular weight excluding hydrogens is 679 g/mol. The van der Waals surface area contributed by atoms with Crippen molar-refractivity contribution in [2.45, 2.75) is 14.0 Å². The molecule has 0 aliphatic heterocycles. The maximum atomic E-state index is 3.82. The van der Waals surface area contributed by atoms with Crippen LogP contribution >= 0.6 is 112 Å². The number of hydrogen-bond acceptors (Lipinski definition) is 0. The molecule has 0 N–H and O–H groups in total. The van der Waals surface area contributed by atoms with Crippen molar-refractivity contribution in [2.75, 3.05) is 0 Å². The van der Waals surface area contributed by atoms with Crippen LogP contribution in [0.1, 0.15) is 5.56 Å². The van der Waals surface area contributed by atoms with Gasteiger partial charge in [0, 0.05) is 0 Å². The Balaban J connectivity index is 2.60. The van der Waals surface area contributed by atoms with Crippen molar-refractivity contribution in [3.8, 4) is 0 Å². The van der Waals surface area contributed by atoms with Crippen molar-refractivity contribution < 1.29 is 0 Å². The minimum absolute atomic E-state index is 0.423. The summed E-state index contributed by atoms with van der Waals surface area (Å²) in [5.74, 6) is 0. The predicted octanol–water partition coefficient (Wildman–Crippen LogP) is 6.55. The highest BCUT2D eigenvalue weighted by Gasteiger charge is 2.84. The summed E-state index contributed by atoms with van der Waals surface area (Å²) in [6.07, 6.45) is 0. The van der Waals surface area contributed by atoms with Gasteiger partial charge in [0.25, 0.3) is 0 Å². The third kappa shape index (κ3) is 1.85. The summed E-state index contributed by atoms with van der Waals surface area (Å²) in [4.78, 5) is 0. The summed E-state index contributed by atoms with van der Waals surface area (Å²) in [6.45, 7) is 0. The van der Waals surface area contributed by atoms with E-state index in [9.17, 15) is 0 Å². The van der Waals surface area contributed by atoms with Crippen molar-refractivity contribution in [3.63, 3.8) is 0 Å². The number of alkyl halides is 7. The molecule has 1 fully saturated rings. The molecule has 0 saturated heterocycles. The molecule has 7 heteroatoms. The zero-order chi connectivity index (χ0) is 13.1. The third-order valence-corrected chi connectivity index (χ3v) is 17.9. The van der Waals surface area contributed by atoms with Gasteiger partial charge in [0.15, 0.2) is 0 Å². The van der Waals surface area contributed by atoms with Crippen molar-refractivity contribution in [1.82, 2.24) is 0 Å². The third-order valence-electron chi connectivity index (χ3n) is 2.73. The van der Waals surface area contributed by atoms with Crippen LogP contribution in [0.25, 0.3) is 0 Å².